The minimum Gasteiger partial charge on any atom is -0.491 e. The molecule has 0 fully saturated rings. The molecule has 6 heteroatoms. The van der Waals surface area contributed by atoms with Crippen LogP contribution in [0.4, 0.5) is 0 Å². The number of amides is 1. The van der Waals surface area contributed by atoms with Gasteiger partial charge in [0.2, 0.25) is 0 Å². The van der Waals surface area contributed by atoms with Gasteiger partial charge in [-0.05, 0) is 57.0 Å². The molecule has 0 aliphatic carbocycles. The van der Waals surface area contributed by atoms with E-state index in [2.05, 4.69) is 5.32 Å². The Morgan fingerprint density at radius 1 is 1.03 bits per heavy atom. The van der Waals surface area contributed by atoms with Gasteiger partial charge in [-0.2, -0.15) is 0 Å². The van der Waals surface area contributed by atoms with Gasteiger partial charge in [-0.25, -0.2) is 4.79 Å². The van der Waals surface area contributed by atoms with Crippen LogP contribution in [0.1, 0.15) is 40.9 Å². The van der Waals surface area contributed by atoms with Gasteiger partial charge in [0.25, 0.3) is 5.91 Å². The largest absolute Gasteiger partial charge is 0.491 e. The van der Waals surface area contributed by atoms with Crippen LogP contribution >= 0.6 is 0 Å². The third kappa shape index (κ3) is 7.95. The van der Waals surface area contributed by atoms with Gasteiger partial charge < -0.3 is 19.5 Å². The number of aryl methyl sites for hydroxylation is 2. The lowest BCUT2D eigenvalue weighted by molar-refractivity contribution is -0.124. The molecule has 2 rings (SSSR count). The topological polar surface area (TPSA) is 73.9 Å². The summed E-state index contributed by atoms with van der Waals surface area (Å²) in [6.07, 6.45) is 0.143. The van der Waals surface area contributed by atoms with Crippen molar-refractivity contribution in [2.75, 3.05) is 19.8 Å². The summed E-state index contributed by atoms with van der Waals surface area (Å²) in [6.45, 7) is 8.75. The van der Waals surface area contributed by atoms with E-state index < -0.39 is 5.97 Å². The van der Waals surface area contributed by atoms with Gasteiger partial charge in [0, 0.05) is 0 Å². The van der Waals surface area contributed by atoms with Crippen LogP contribution in [-0.2, 0) is 20.9 Å². The van der Waals surface area contributed by atoms with E-state index in [0.717, 1.165) is 16.9 Å². The molecule has 0 heterocycles. The Bertz CT molecular complexity index is 815. The maximum Gasteiger partial charge on any atom is 0.338 e. The van der Waals surface area contributed by atoms with Crippen molar-refractivity contribution in [3.05, 3.63) is 64.7 Å². The maximum atomic E-state index is 12.0. The third-order valence-corrected chi connectivity index (χ3v) is 4.12. The molecule has 0 aromatic heterocycles. The van der Waals surface area contributed by atoms with Crippen molar-refractivity contribution in [1.82, 2.24) is 5.32 Å². The number of ether oxygens (including phenoxy) is 3. The Morgan fingerprint density at radius 3 is 2.41 bits per heavy atom. The number of carbonyl (C=O) groups excluding carboxylic acids is 2. The zero-order valence-electron chi connectivity index (χ0n) is 17.5. The molecule has 6 nitrogen and oxygen atoms in total. The van der Waals surface area contributed by atoms with Crippen molar-refractivity contribution < 1.29 is 23.8 Å². The van der Waals surface area contributed by atoms with Crippen LogP contribution in [0.15, 0.2) is 42.5 Å². The molecule has 0 saturated heterocycles. The van der Waals surface area contributed by atoms with Gasteiger partial charge in [-0.15, -0.1) is 0 Å². The number of hydrogen-bond acceptors (Lipinski definition) is 5. The van der Waals surface area contributed by atoms with Crippen LogP contribution in [0.2, 0.25) is 0 Å². The molecule has 0 aliphatic heterocycles. The van der Waals surface area contributed by atoms with Crippen LogP contribution in [-0.4, -0.2) is 37.7 Å². The van der Waals surface area contributed by atoms with E-state index in [-0.39, 0.29) is 18.6 Å². The van der Waals surface area contributed by atoms with Crippen molar-refractivity contribution in [2.45, 2.75) is 40.4 Å². The van der Waals surface area contributed by atoms with Crippen LogP contribution in [0, 0.1) is 13.8 Å². The van der Waals surface area contributed by atoms with E-state index in [1.54, 1.807) is 12.1 Å². The summed E-state index contributed by atoms with van der Waals surface area (Å²) in [5.41, 5.74) is 3.58. The summed E-state index contributed by atoms with van der Waals surface area (Å²) in [5, 5.41) is 2.67. The number of benzene rings is 2. The number of esters is 1. The van der Waals surface area contributed by atoms with Gasteiger partial charge in [0.15, 0.2) is 6.61 Å². The molecule has 0 bridgehead atoms. The summed E-state index contributed by atoms with van der Waals surface area (Å²) < 4.78 is 16.2. The number of hydrogen-bond donors (Lipinski definition) is 1. The minimum atomic E-state index is -0.539. The van der Waals surface area contributed by atoms with E-state index in [0.29, 0.717) is 25.3 Å². The summed E-state index contributed by atoms with van der Waals surface area (Å²) >= 11 is 0. The fraction of sp³-hybridized carbons (Fsp3) is 0.391. The quantitative estimate of drug-likeness (QED) is 0.488. The van der Waals surface area contributed by atoms with Crippen molar-refractivity contribution in [1.29, 1.82) is 0 Å². The SMILES string of the molecule is Cc1ccc(OCCNC(=O)COC(=O)c2ccc(COC(C)C)cc2)c(C)c1. The molecule has 0 radical (unpaired) electrons. The lowest BCUT2D eigenvalue weighted by atomic mass is 10.1. The first-order chi connectivity index (χ1) is 13.8. The molecular formula is C23H29NO5. The molecule has 1 N–H and O–H groups in total. The second-order valence-corrected chi connectivity index (χ2v) is 7.10. The van der Waals surface area contributed by atoms with Gasteiger partial charge in [-0.1, -0.05) is 29.8 Å². The molecule has 29 heavy (non-hydrogen) atoms. The Morgan fingerprint density at radius 2 is 1.76 bits per heavy atom. The summed E-state index contributed by atoms with van der Waals surface area (Å²) in [4.78, 5) is 23.9. The molecule has 2 aromatic rings. The van der Waals surface area contributed by atoms with Crippen LogP contribution in [0.25, 0.3) is 0 Å². The first-order valence-corrected chi connectivity index (χ1v) is 9.69. The maximum absolute atomic E-state index is 12.0. The summed E-state index contributed by atoms with van der Waals surface area (Å²) in [6, 6.07) is 12.9. The van der Waals surface area contributed by atoms with Gasteiger partial charge in [0.05, 0.1) is 24.8 Å². The molecule has 0 atom stereocenters. The van der Waals surface area contributed by atoms with E-state index in [1.807, 2.05) is 58.0 Å². The standard InChI is InChI=1S/C23H29NO5/c1-16(2)28-14-19-6-8-20(9-7-19)23(26)29-15-22(25)24-11-12-27-21-10-5-17(3)13-18(21)4/h5-10,13,16H,11-12,14-15H2,1-4H3,(H,24,25). The smallest absolute Gasteiger partial charge is 0.338 e. The second-order valence-electron chi connectivity index (χ2n) is 7.10. The summed E-state index contributed by atoms with van der Waals surface area (Å²) in [7, 11) is 0. The highest BCUT2D eigenvalue weighted by atomic mass is 16.5. The Kier molecular flexibility index (Phi) is 8.68. The lowest BCUT2D eigenvalue weighted by Crippen LogP contribution is -2.32. The molecule has 2 aromatic carbocycles. The second kappa shape index (κ2) is 11.2. The highest BCUT2D eigenvalue weighted by molar-refractivity contribution is 5.91. The van der Waals surface area contributed by atoms with Gasteiger partial charge in [-0.3, -0.25) is 4.79 Å². The average molecular weight is 399 g/mol. The zero-order valence-corrected chi connectivity index (χ0v) is 17.5. The first kappa shape index (κ1) is 22.4. The number of nitrogens with one attached hydrogen (secondary N) is 1. The molecule has 1 amide bonds. The van der Waals surface area contributed by atoms with Crippen molar-refractivity contribution in [2.24, 2.45) is 0 Å². The van der Waals surface area contributed by atoms with Gasteiger partial charge >= 0.3 is 5.97 Å². The fourth-order valence-corrected chi connectivity index (χ4v) is 2.58. The monoisotopic (exact) mass is 399 g/mol. The first-order valence-electron chi connectivity index (χ1n) is 9.69. The molecule has 0 saturated carbocycles. The van der Waals surface area contributed by atoms with E-state index >= 15 is 0 Å². The average Bonchev–Trinajstić information content (AvgIpc) is 2.69. The minimum absolute atomic E-state index is 0.143. The van der Waals surface area contributed by atoms with E-state index in [1.165, 1.54) is 5.56 Å². The molecule has 0 aliphatic rings. The predicted octanol–water partition coefficient (Wildman–Crippen LogP) is 3.58. The Balaban J connectivity index is 1.67. The van der Waals surface area contributed by atoms with Crippen LogP contribution in [0.5, 0.6) is 5.75 Å². The fourth-order valence-electron chi connectivity index (χ4n) is 2.58. The van der Waals surface area contributed by atoms with Crippen molar-refractivity contribution in [3.63, 3.8) is 0 Å². The van der Waals surface area contributed by atoms with E-state index in [9.17, 15) is 9.59 Å². The van der Waals surface area contributed by atoms with E-state index in [4.69, 9.17) is 14.2 Å². The van der Waals surface area contributed by atoms with Crippen molar-refractivity contribution in [3.8, 4) is 5.75 Å². The van der Waals surface area contributed by atoms with Crippen molar-refractivity contribution >= 4 is 11.9 Å². The summed E-state index contributed by atoms with van der Waals surface area (Å²) in [5.74, 6) is -0.119. The molecule has 0 unspecified atom stereocenters. The predicted molar refractivity (Wildman–Crippen MR) is 111 cm³/mol. The molecule has 156 valence electrons. The normalized spacial score (nSPS) is 10.7. The third-order valence-electron chi connectivity index (χ3n) is 4.12. The highest BCUT2D eigenvalue weighted by Crippen LogP contribution is 2.18. The Labute approximate surface area is 172 Å². The molecule has 0 spiro atoms. The number of carbonyl (C=O) groups is 2. The zero-order chi connectivity index (χ0) is 21.2. The van der Waals surface area contributed by atoms with Gasteiger partial charge in [0.1, 0.15) is 12.4 Å². The Hall–Kier alpha value is -2.86. The van der Waals surface area contributed by atoms with Crippen LogP contribution in [0.3, 0.4) is 0 Å². The van der Waals surface area contributed by atoms with Crippen LogP contribution < -0.4 is 10.1 Å². The lowest BCUT2D eigenvalue weighted by Gasteiger charge is -2.11. The molecular weight excluding hydrogens is 370 g/mol. The number of rotatable bonds is 10. The highest BCUT2D eigenvalue weighted by Gasteiger charge is 2.10.